The van der Waals surface area contributed by atoms with Gasteiger partial charge in [0.15, 0.2) is 23.2 Å². The van der Waals surface area contributed by atoms with Crippen LogP contribution in [0.25, 0.3) is 0 Å². The van der Waals surface area contributed by atoms with Crippen molar-refractivity contribution in [2.45, 2.75) is 6.92 Å². The van der Waals surface area contributed by atoms with Crippen LogP contribution >= 0.6 is 23.8 Å². The lowest BCUT2D eigenvalue weighted by atomic mass is 10.2. The van der Waals surface area contributed by atoms with Gasteiger partial charge in [-0.1, -0.05) is 11.6 Å². The molecule has 120 valence electrons. The number of hydrogen-bond donors (Lipinski definition) is 3. The van der Waals surface area contributed by atoms with Gasteiger partial charge >= 0.3 is 5.97 Å². The number of carboxylic acid groups (broad SMARTS) is 1. The summed E-state index contributed by atoms with van der Waals surface area (Å²) < 4.78 is 10.2. The van der Waals surface area contributed by atoms with Gasteiger partial charge in [-0.05, 0) is 36.8 Å². The van der Waals surface area contributed by atoms with Crippen molar-refractivity contribution in [2.24, 2.45) is 5.10 Å². The van der Waals surface area contributed by atoms with E-state index in [0.717, 1.165) is 0 Å². The summed E-state index contributed by atoms with van der Waals surface area (Å²) in [5, 5.41) is 16.1. The van der Waals surface area contributed by atoms with Crippen molar-refractivity contribution in [3.05, 3.63) is 22.7 Å². The number of nitrogens with one attached hydrogen (secondary N) is 2. The number of hydrazone groups is 1. The molecular formula is C13H16ClN3O4S. The van der Waals surface area contributed by atoms with E-state index in [4.69, 9.17) is 38.4 Å². The predicted molar refractivity (Wildman–Crippen MR) is 88.1 cm³/mol. The topological polar surface area (TPSA) is 92.2 Å². The van der Waals surface area contributed by atoms with Crippen molar-refractivity contribution in [3.8, 4) is 11.5 Å². The normalized spacial score (nSPS) is 10.3. The number of benzene rings is 1. The van der Waals surface area contributed by atoms with Gasteiger partial charge in [-0.2, -0.15) is 5.10 Å². The number of ether oxygens (including phenoxy) is 2. The van der Waals surface area contributed by atoms with Crippen molar-refractivity contribution < 1.29 is 19.4 Å². The molecule has 0 atom stereocenters. The molecule has 0 aliphatic rings. The molecule has 0 saturated heterocycles. The molecule has 22 heavy (non-hydrogen) atoms. The summed E-state index contributed by atoms with van der Waals surface area (Å²) in [5.41, 5.74) is 3.28. The Morgan fingerprint density at radius 1 is 1.55 bits per heavy atom. The van der Waals surface area contributed by atoms with Crippen molar-refractivity contribution >= 4 is 41.1 Å². The first kappa shape index (κ1) is 18.0. The van der Waals surface area contributed by atoms with E-state index >= 15 is 0 Å². The highest BCUT2D eigenvalue weighted by Gasteiger charge is 2.13. The number of methoxy groups -OCH3 is 1. The van der Waals surface area contributed by atoms with Gasteiger partial charge in [-0.3, -0.25) is 5.43 Å². The molecule has 0 aliphatic heterocycles. The van der Waals surface area contributed by atoms with E-state index in [0.29, 0.717) is 23.0 Å². The zero-order valence-electron chi connectivity index (χ0n) is 12.1. The van der Waals surface area contributed by atoms with Crippen molar-refractivity contribution in [3.63, 3.8) is 0 Å². The van der Waals surface area contributed by atoms with Crippen LogP contribution in [0, 0.1) is 0 Å². The van der Waals surface area contributed by atoms with Crippen molar-refractivity contribution in [2.75, 3.05) is 20.3 Å². The summed E-state index contributed by atoms with van der Waals surface area (Å²) >= 11 is 11.0. The molecule has 0 radical (unpaired) electrons. The van der Waals surface area contributed by atoms with E-state index in [1.165, 1.54) is 13.3 Å². The minimum atomic E-state index is -1.11. The Morgan fingerprint density at radius 2 is 2.27 bits per heavy atom. The molecule has 9 heteroatoms. The second-order valence-corrected chi connectivity index (χ2v) is 4.76. The summed E-state index contributed by atoms with van der Waals surface area (Å²) in [5.74, 6) is -0.630. The highest BCUT2D eigenvalue weighted by atomic mass is 35.5. The molecule has 1 rings (SSSR count). The van der Waals surface area contributed by atoms with Crippen LogP contribution in [0.3, 0.4) is 0 Å². The molecule has 0 saturated carbocycles. The minimum Gasteiger partial charge on any atom is -0.493 e. The van der Waals surface area contributed by atoms with Crippen LogP contribution in [0.5, 0.6) is 11.5 Å². The maximum Gasteiger partial charge on any atom is 0.341 e. The molecule has 3 N–H and O–H groups in total. The average Bonchev–Trinajstić information content (AvgIpc) is 2.45. The largest absolute Gasteiger partial charge is 0.493 e. The number of carbonyl (C=O) groups is 1. The monoisotopic (exact) mass is 345 g/mol. The molecule has 0 bridgehead atoms. The highest BCUT2D eigenvalue weighted by Crippen LogP contribution is 2.35. The molecule has 0 unspecified atom stereocenters. The standard InChI is InChI=1S/C13H16ClN3O4S/c1-3-15-13(22)17-16-6-8-4-9(14)12(10(5-8)20-2)21-7-11(18)19/h4-6H,3,7H2,1-2H3,(H,18,19)(H2,15,17,22)/b16-6-. The number of thiocarbonyl (C=S) groups is 1. The molecule has 0 fully saturated rings. The zero-order chi connectivity index (χ0) is 16.5. The quantitative estimate of drug-likeness (QED) is 0.393. The fourth-order valence-electron chi connectivity index (χ4n) is 1.45. The van der Waals surface area contributed by atoms with E-state index in [1.807, 2.05) is 6.92 Å². The van der Waals surface area contributed by atoms with Gasteiger partial charge in [0.05, 0.1) is 18.3 Å². The van der Waals surface area contributed by atoms with Gasteiger partial charge in [0.1, 0.15) is 0 Å². The number of rotatable bonds is 7. The van der Waals surface area contributed by atoms with E-state index in [9.17, 15) is 4.79 Å². The molecule has 0 spiro atoms. The number of aliphatic carboxylic acids is 1. The summed E-state index contributed by atoms with van der Waals surface area (Å²) in [7, 11) is 1.43. The van der Waals surface area contributed by atoms with E-state index in [-0.39, 0.29) is 10.8 Å². The third kappa shape index (κ3) is 5.74. The summed E-state index contributed by atoms with van der Waals surface area (Å²) in [4.78, 5) is 10.6. The second-order valence-electron chi connectivity index (χ2n) is 3.95. The summed E-state index contributed by atoms with van der Waals surface area (Å²) in [6.07, 6.45) is 1.50. The molecule has 0 amide bonds. The summed E-state index contributed by atoms with van der Waals surface area (Å²) in [6.45, 7) is 2.09. The Balaban J connectivity index is 2.86. The molecule has 0 heterocycles. The average molecular weight is 346 g/mol. The smallest absolute Gasteiger partial charge is 0.341 e. The molecule has 0 aromatic heterocycles. The lowest BCUT2D eigenvalue weighted by Crippen LogP contribution is -2.31. The lowest BCUT2D eigenvalue weighted by molar-refractivity contribution is -0.139. The number of nitrogens with zero attached hydrogens (tertiary/aromatic N) is 1. The van der Waals surface area contributed by atoms with E-state index in [1.54, 1.807) is 12.1 Å². The van der Waals surface area contributed by atoms with Gasteiger partial charge in [0.25, 0.3) is 0 Å². The Morgan fingerprint density at radius 3 is 2.86 bits per heavy atom. The molecule has 1 aromatic carbocycles. The Labute approximate surface area is 138 Å². The SMILES string of the molecule is CCNC(=S)N/N=C\c1cc(Cl)c(OCC(=O)O)c(OC)c1. The predicted octanol–water partition coefficient (Wildman–Crippen LogP) is 1.63. The van der Waals surface area contributed by atoms with Crippen LogP contribution in [-0.4, -0.2) is 42.7 Å². The lowest BCUT2D eigenvalue weighted by Gasteiger charge is -2.11. The first-order valence-electron chi connectivity index (χ1n) is 6.27. The third-order valence-corrected chi connectivity index (χ3v) is 2.83. The van der Waals surface area contributed by atoms with Gasteiger partial charge < -0.3 is 19.9 Å². The van der Waals surface area contributed by atoms with Crippen LogP contribution in [0.15, 0.2) is 17.2 Å². The Kier molecular flexibility index (Phi) is 7.41. The number of carboxylic acids is 1. The number of halogens is 1. The van der Waals surface area contributed by atoms with Crippen LogP contribution in [0.1, 0.15) is 12.5 Å². The van der Waals surface area contributed by atoms with Gasteiger partial charge in [-0.15, -0.1) is 0 Å². The Hall–Kier alpha value is -2.06. The van der Waals surface area contributed by atoms with Crippen molar-refractivity contribution in [1.29, 1.82) is 0 Å². The van der Waals surface area contributed by atoms with E-state index < -0.39 is 12.6 Å². The van der Waals surface area contributed by atoms with Gasteiger partial charge in [-0.25, -0.2) is 4.79 Å². The van der Waals surface area contributed by atoms with Crippen LogP contribution in [0.2, 0.25) is 5.02 Å². The Bertz CT molecular complexity index is 581. The highest BCUT2D eigenvalue weighted by molar-refractivity contribution is 7.80. The van der Waals surface area contributed by atoms with Gasteiger partial charge in [0.2, 0.25) is 0 Å². The van der Waals surface area contributed by atoms with Crippen molar-refractivity contribution in [1.82, 2.24) is 10.7 Å². The maximum absolute atomic E-state index is 10.6. The third-order valence-electron chi connectivity index (χ3n) is 2.31. The fraction of sp³-hybridized carbons (Fsp3) is 0.308. The summed E-state index contributed by atoms with van der Waals surface area (Å²) in [6, 6.07) is 3.19. The van der Waals surface area contributed by atoms with E-state index in [2.05, 4.69) is 15.8 Å². The molecular weight excluding hydrogens is 330 g/mol. The second kappa shape index (κ2) is 9.06. The first-order valence-corrected chi connectivity index (χ1v) is 7.05. The molecule has 7 nitrogen and oxygen atoms in total. The van der Waals surface area contributed by atoms with Crippen LogP contribution in [0.4, 0.5) is 0 Å². The van der Waals surface area contributed by atoms with Gasteiger partial charge in [0, 0.05) is 6.54 Å². The maximum atomic E-state index is 10.6. The molecule has 0 aliphatic carbocycles. The zero-order valence-corrected chi connectivity index (χ0v) is 13.6. The fourth-order valence-corrected chi connectivity index (χ4v) is 1.92. The number of hydrogen-bond acceptors (Lipinski definition) is 5. The van der Waals surface area contributed by atoms with Crippen LogP contribution < -0.4 is 20.2 Å². The van der Waals surface area contributed by atoms with Crippen LogP contribution in [-0.2, 0) is 4.79 Å². The molecule has 1 aromatic rings. The minimum absolute atomic E-state index is 0.167. The first-order chi connectivity index (χ1) is 10.5.